The van der Waals surface area contributed by atoms with Gasteiger partial charge in [0.05, 0.1) is 41.6 Å². The summed E-state index contributed by atoms with van der Waals surface area (Å²) in [6, 6.07) is 18.8. The van der Waals surface area contributed by atoms with Crippen LogP contribution in [0.25, 0.3) is 11.6 Å². The number of para-hydroxylation sites is 1. The third-order valence-corrected chi connectivity index (χ3v) is 7.79. The summed E-state index contributed by atoms with van der Waals surface area (Å²) in [6.45, 7) is 2.09. The van der Waals surface area contributed by atoms with Crippen molar-refractivity contribution in [2.75, 3.05) is 48.1 Å². The van der Waals surface area contributed by atoms with Crippen LogP contribution in [-0.4, -0.2) is 73.9 Å². The molecular formula is C28H27N7O5S. The van der Waals surface area contributed by atoms with Gasteiger partial charge in [-0.1, -0.05) is 53.6 Å². The molecule has 1 fully saturated rings. The van der Waals surface area contributed by atoms with Crippen LogP contribution in [0.5, 0.6) is 0 Å². The summed E-state index contributed by atoms with van der Waals surface area (Å²) >= 11 is 0. The third-order valence-electron chi connectivity index (χ3n) is 6.71. The number of hydrogen-bond acceptors (Lipinski definition) is 11. The number of carbonyl (C=O) groups excluding carboxylic acids is 1. The summed E-state index contributed by atoms with van der Waals surface area (Å²) in [5.41, 5.74) is 3.95. The predicted molar refractivity (Wildman–Crippen MR) is 153 cm³/mol. The molecule has 0 aliphatic carbocycles. The Morgan fingerprint density at radius 1 is 1.02 bits per heavy atom. The number of sulfone groups is 1. The number of nitrogens with one attached hydrogen (secondary N) is 2. The van der Waals surface area contributed by atoms with Crippen LogP contribution in [0.3, 0.4) is 0 Å². The molecule has 1 atom stereocenters. The maximum atomic E-state index is 12.8. The quantitative estimate of drug-likeness (QED) is 0.352. The molecule has 12 nitrogen and oxygen atoms in total. The molecule has 6 rings (SSSR count). The Hall–Kier alpha value is -4.62. The minimum Gasteiger partial charge on any atom is -0.402 e. The van der Waals surface area contributed by atoms with Gasteiger partial charge in [0.15, 0.2) is 15.5 Å². The van der Waals surface area contributed by atoms with E-state index in [-0.39, 0.29) is 29.1 Å². The largest absolute Gasteiger partial charge is 0.402 e. The molecule has 2 aromatic carbocycles. The molecule has 0 radical (unpaired) electrons. The number of anilines is 3. The van der Waals surface area contributed by atoms with Crippen LogP contribution in [-0.2, 0) is 19.4 Å². The number of amides is 1. The van der Waals surface area contributed by atoms with E-state index in [1.807, 2.05) is 59.5 Å². The van der Waals surface area contributed by atoms with Gasteiger partial charge in [-0.25, -0.2) is 13.4 Å². The second kappa shape index (κ2) is 11.1. The van der Waals surface area contributed by atoms with Crippen LogP contribution in [0.2, 0.25) is 0 Å². The first-order valence-corrected chi connectivity index (χ1v) is 14.9. The molecule has 2 aromatic heterocycles. The van der Waals surface area contributed by atoms with E-state index in [4.69, 9.17) is 14.1 Å². The van der Waals surface area contributed by atoms with Crippen LogP contribution in [0, 0.1) is 0 Å². The highest BCUT2D eigenvalue weighted by molar-refractivity contribution is 7.90. The van der Waals surface area contributed by atoms with Crippen molar-refractivity contribution in [3.05, 3.63) is 78.0 Å². The molecular weight excluding hydrogens is 546 g/mol. The maximum Gasteiger partial charge on any atom is 0.317 e. The molecule has 2 aliphatic rings. The van der Waals surface area contributed by atoms with Crippen molar-refractivity contribution in [2.45, 2.75) is 17.5 Å². The van der Waals surface area contributed by atoms with E-state index in [1.54, 1.807) is 6.07 Å². The molecule has 1 saturated heterocycles. The number of hydrogen-bond donors (Lipinski definition) is 2. The van der Waals surface area contributed by atoms with Gasteiger partial charge in [0.2, 0.25) is 5.91 Å². The molecule has 210 valence electrons. The molecule has 41 heavy (non-hydrogen) atoms. The summed E-state index contributed by atoms with van der Waals surface area (Å²) in [6.07, 6.45) is 1.71. The lowest BCUT2D eigenvalue weighted by Crippen LogP contribution is -2.36. The Morgan fingerprint density at radius 2 is 1.78 bits per heavy atom. The monoisotopic (exact) mass is 573 g/mol. The zero-order valence-electron chi connectivity index (χ0n) is 22.1. The SMILES string of the molecule is CS(=O)(=O)c1cnc(-c2nnc(N[C@@H]3CC(=O)Nc4ccccc4C(c4ccccc4)=N3)o2)c(N2CCOCC2)c1. The molecule has 4 aromatic rings. The van der Waals surface area contributed by atoms with Crippen LogP contribution in [0.1, 0.15) is 17.5 Å². The summed E-state index contributed by atoms with van der Waals surface area (Å²) in [5.74, 6) is -0.125. The molecule has 2 N–H and O–H groups in total. The van der Waals surface area contributed by atoms with Crippen molar-refractivity contribution in [2.24, 2.45) is 4.99 Å². The lowest BCUT2D eigenvalue weighted by atomic mass is 9.99. The topological polar surface area (TPSA) is 152 Å². The zero-order chi connectivity index (χ0) is 28.4. The van der Waals surface area contributed by atoms with Gasteiger partial charge in [-0.3, -0.25) is 9.79 Å². The molecule has 1 amide bonds. The summed E-state index contributed by atoms with van der Waals surface area (Å²) in [5, 5.41) is 14.4. The number of pyridine rings is 1. The fourth-order valence-corrected chi connectivity index (χ4v) is 5.29. The third kappa shape index (κ3) is 5.81. The number of carbonyl (C=O) groups is 1. The van der Waals surface area contributed by atoms with Crippen LogP contribution in [0.4, 0.5) is 17.4 Å². The highest BCUT2D eigenvalue weighted by Crippen LogP contribution is 2.32. The lowest BCUT2D eigenvalue weighted by molar-refractivity contribution is -0.116. The van der Waals surface area contributed by atoms with Crippen molar-refractivity contribution < 1.29 is 22.4 Å². The average molecular weight is 574 g/mol. The van der Waals surface area contributed by atoms with Gasteiger partial charge in [-0.05, 0) is 12.1 Å². The fraction of sp³-hybridized carbons (Fsp3) is 0.250. The number of fused-ring (bicyclic) bond motifs is 1. The van der Waals surface area contributed by atoms with E-state index in [2.05, 4.69) is 25.8 Å². The highest BCUT2D eigenvalue weighted by atomic mass is 32.2. The Kier molecular flexibility index (Phi) is 7.20. The van der Waals surface area contributed by atoms with E-state index in [0.29, 0.717) is 49.1 Å². The van der Waals surface area contributed by atoms with E-state index >= 15 is 0 Å². The summed E-state index contributed by atoms with van der Waals surface area (Å²) in [4.78, 5) is 24.2. The van der Waals surface area contributed by atoms with Gasteiger partial charge in [0.25, 0.3) is 5.89 Å². The normalized spacial score (nSPS) is 17.6. The Labute approximate surface area is 236 Å². The Morgan fingerprint density at radius 3 is 2.56 bits per heavy atom. The van der Waals surface area contributed by atoms with Gasteiger partial charge in [-0.2, -0.15) is 0 Å². The minimum atomic E-state index is -3.49. The average Bonchev–Trinajstić information content (AvgIpc) is 3.44. The fourth-order valence-electron chi connectivity index (χ4n) is 4.72. The van der Waals surface area contributed by atoms with Crippen molar-refractivity contribution in [1.29, 1.82) is 0 Å². The number of morpholine rings is 1. The van der Waals surface area contributed by atoms with E-state index in [0.717, 1.165) is 17.4 Å². The number of benzene rings is 2. The number of aliphatic imine (C=N–C) groups is 1. The number of aromatic nitrogens is 3. The second-order valence-electron chi connectivity index (χ2n) is 9.62. The van der Waals surface area contributed by atoms with Gasteiger partial charge in [0.1, 0.15) is 6.17 Å². The predicted octanol–water partition coefficient (Wildman–Crippen LogP) is 2.99. The summed E-state index contributed by atoms with van der Waals surface area (Å²) < 4.78 is 35.9. The molecule has 0 saturated carbocycles. The molecule has 0 spiro atoms. The van der Waals surface area contributed by atoms with Crippen LogP contribution < -0.4 is 15.5 Å². The van der Waals surface area contributed by atoms with Crippen molar-refractivity contribution in [3.63, 3.8) is 0 Å². The van der Waals surface area contributed by atoms with Crippen molar-refractivity contribution >= 4 is 38.8 Å². The van der Waals surface area contributed by atoms with Gasteiger partial charge in [0, 0.05) is 36.7 Å². The first-order valence-electron chi connectivity index (χ1n) is 13.0. The first kappa shape index (κ1) is 26.6. The van der Waals surface area contributed by atoms with E-state index < -0.39 is 16.0 Å². The molecule has 0 unspecified atom stereocenters. The van der Waals surface area contributed by atoms with Gasteiger partial charge in [-0.15, -0.1) is 5.10 Å². The highest BCUT2D eigenvalue weighted by Gasteiger charge is 2.26. The van der Waals surface area contributed by atoms with E-state index in [1.165, 1.54) is 6.20 Å². The first-order chi connectivity index (χ1) is 19.8. The number of ether oxygens (including phenoxy) is 1. The van der Waals surface area contributed by atoms with E-state index in [9.17, 15) is 13.2 Å². The number of rotatable bonds is 6. The van der Waals surface area contributed by atoms with Crippen LogP contribution >= 0.6 is 0 Å². The van der Waals surface area contributed by atoms with Gasteiger partial charge >= 0.3 is 6.01 Å². The Balaban J connectivity index is 1.35. The molecule has 13 heteroatoms. The molecule has 2 aliphatic heterocycles. The molecule has 0 bridgehead atoms. The minimum absolute atomic E-state index is 0.0166. The van der Waals surface area contributed by atoms with Crippen molar-refractivity contribution in [1.82, 2.24) is 15.2 Å². The van der Waals surface area contributed by atoms with Gasteiger partial charge < -0.3 is 24.7 Å². The second-order valence-corrected chi connectivity index (χ2v) is 11.6. The molecule has 4 heterocycles. The maximum absolute atomic E-state index is 12.8. The lowest BCUT2D eigenvalue weighted by Gasteiger charge is -2.29. The standard InChI is InChI=1S/C28H27N7O5S/c1-41(37,38)19-15-22(35-11-13-39-14-12-35)26(29-17-19)27-33-34-28(40-27)32-23-16-24(36)30-21-10-6-5-9-20(21)25(31-23)18-7-3-2-4-8-18/h2-10,15,17,23H,11-14,16H2,1H3,(H,30,36)(H,32,34)/t23-/m1/s1. The van der Waals surface area contributed by atoms with Crippen LogP contribution in [0.15, 0.2) is 81.2 Å². The summed E-state index contributed by atoms with van der Waals surface area (Å²) in [7, 11) is -3.49. The number of nitrogens with zero attached hydrogens (tertiary/aromatic N) is 5. The Bertz CT molecular complexity index is 1720. The zero-order valence-corrected chi connectivity index (χ0v) is 23.0. The smallest absolute Gasteiger partial charge is 0.317 e. The van der Waals surface area contributed by atoms with Crippen molar-refractivity contribution in [3.8, 4) is 11.6 Å².